The van der Waals surface area contributed by atoms with Crippen LogP contribution in [-0.4, -0.2) is 26.3 Å². The van der Waals surface area contributed by atoms with Gasteiger partial charge in [0.2, 0.25) is 10.0 Å². The van der Waals surface area contributed by atoms with E-state index in [0.29, 0.717) is 12.5 Å². The maximum Gasteiger partial charge on any atom is 0.214 e. The van der Waals surface area contributed by atoms with Crippen molar-refractivity contribution in [2.24, 2.45) is 11.7 Å². The summed E-state index contributed by atoms with van der Waals surface area (Å²) in [7, 11) is -3.13. The maximum absolute atomic E-state index is 12.4. The molecule has 0 aromatic carbocycles. The molecule has 2 rings (SSSR count). The fourth-order valence-electron chi connectivity index (χ4n) is 3.33. The summed E-state index contributed by atoms with van der Waals surface area (Å²) in [4.78, 5) is 0. The molecule has 5 heteroatoms. The fourth-order valence-corrected chi connectivity index (χ4v) is 5.21. The Bertz CT molecular complexity index is 350. The SMILES string of the molecule is NCC1CCCCC1NS(=O)(=O)C1CCCCC1. The van der Waals surface area contributed by atoms with E-state index in [1.807, 2.05) is 0 Å². The summed E-state index contributed by atoms with van der Waals surface area (Å²) in [5.74, 6) is 0.331. The second-order valence-electron chi connectivity index (χ2n) is 5.81. The average molecular weight is 274 g/mol. The van der Waals surface area contributed by atoms with Crippen molar-refractivity contribution >= 4 is 10.0 Å². The van der Waals surface area contributed by atoms with Gasteiger partial charge in [-0.2, -0.15) is 0 Å². The molecule has 18 heavy (non-hydrogen) atoms. The van der Waals surface area contributed by atoms with Gasteiger partial charge >= 0.3 is 0 Å². The molecule has 2 fully saturated rings. The lowest BCUT2D eigenvalue weighted by Gasteiger charge is -2.33. The van der Waals surface area contributed by atoms with Crippen LogP contribution in [0.2, 0.25) is 0 Å². The Labute approximate surface area is 111 Å². The minimum atomic E-state index is -3.13. The summed E-state index contributed by atoms with van der Waals surface area (Å²) in [5.41, 5.74) is 5.76. The van der Waals surface area contributed by atoms with Gasteiger partial charge in [-0.25, -0.2) is 13.1 Å². The van der Waals surface area contributed by atoms with Crippen LogP contribution >= 0.6 is 0 Å². The molecule has 0 aromatic rings. The molecule has 2 saturated carbocycles. The molecule has 0 radical (unpaired) electrons. The van der Waals surface area contributed by atoms with E-state index in [4.69, 9.17) is 5.73 Å². The second kappa shape index (κ2) is 6.35. The normalized spacial score (nSPS) is 31.4. The summed E-state index contributed by atoms with van der Waals surface area (Å²) < 4.78 is 27.7. The van der Waals surface area contributed by atoms with Crippen LogP contribution in [0.4, 0.5) is 0 Å². The minimum absolute atomic E-state index is 0.0793. The van der Waals surface area contributed by atoms with Crippen LogP contribution in [0.15, 0.2) is 0 Å². The van der Waals surface area contributed by atoms with Gasteiger partial charge in [0.15, 0.2) is 0 Å². The summed E-state index contributed by atoms with van der Waals surface area (Å²) >= 11 is 0. The van der Waals surface area contributed by atoms with E-state index in [2.05, 4.69) is 4.72 Å². The van der Waals surface area contributed by atoms with Crippen molar-refractivity contribution in [1.82, 2.24) is 4.72 Å². The number of hydrogen-bond donors (Lipinski definition) is 2. The molecule has 0 aliphatic heterocycles. The summed E-state index contributed by atoms with van der Waals surface area (Å²) in [6, 6.07) is 0.0793. The average Bonchev–Trinajstić information content (AvgIpc) is 2.40. The maximum atomic E-state index is 12.4. The molecule has 0 heterocycles. The van der Waals surface area contributed by atoms with Crippen molar-refractivity contribution < 1.29 is 8.42 Å². The third-order valence-corrected chi connectivity index (χ3v) is 6.50. The Balaban J connectivity index is 1.97. The van der Waals surface area contributed by atoms with Gasteiger partial charge in [-0.3, -0.25) is 0 Å². The Hall–Kier alpha value is -0.130. The number of sulfonamides is 1. The van der Waals surface area contributed by atoms with Crippen LogP contribution < -0.4 is 10.5 Å². The first-order valence-electron chi connectivity index (χ1n) is 7.34. The zero-order valence-electron chi connectivity index (χ0n) is 11.1. The van der Waals surface area contributed by atoms with Gasteiger partial charge in [-0.1, -0.05) is 32.1 Å². The fraction of sp³-hybridized carbons (Fsp3) is 1.00. The van der Waals surface area contributed by atoms with Crippen LogP contribution in [0, 0.1) is 5.92 Å². The lowest BCUT2D eigenvalue weighted by molar-refractivity contribution is 0.294. The minimum Gasteiger partial charge on any atom is -0.330 e. The van der Waals surface area contributed by atoms with E-state index >= 15 is 0 Å². The van der Waals surface area contributed by atoms with Gasteiger partial charge in [0.1, 0.15) is 0 Å². The summed E-state index contributed by atoms with van der Waals surface area (Å²) in [5, 5.41) is -0.161. The van der Waals surface area contributed by atoms with Gasteiger partial charge < -0.3 is 5.73 Å². The van der Waals surface area contributed by atoms with E-state index in [0.717, 1.165) is 44.9 Å². The van der Waals surface area contributed by atoms with Crippen LogP contribution in [0.5, 0.6) is 0 Å². The molecule has 2 aliphatic rings. The largest absolute Gasteiger partial charge is 0.330 e. The highest BCUT2D eigenvalue weighted by Crippen LogP contribution is 2.27. The third-order valence-electron chi connectivity index (χ3n) is 4.52. The standard InChI is InChI=1S/C13H26N2O2S/c14-10-11-6-4-5-9-13(11)15-18(16,17)12-7-2-1-3-8-12/h11-13,15H,1-10,14H2. The second-order valence-corrected chi connectivity index (χ2v) is 7.80. The van der Waals surface area contributed by atoms with E-state index in [1.165, 1.54) is 12.8 Å². The number of nitrogens with two attached hydrogens (primary N) is 1. The van der Waals surface area contributed by atoms with Gasteiger partial charge in [0.05, 0.1) is 5.25 Å². The lowest BCUT2D eigenvalue weighted by atomic mass is 9.85. The number of hydrogen-bond acceptors (Lipinski definition) is 3. The van der Waals surface area contributed by atoms with E-state index in [-0.39, 0.29) is 11.3 Å². The summed E-state index contributed by atoms with van der Waals surface area (Å²) in [6.45, 7) is 0.595. The van der Waals surface area contributed by atoms with Crippen molar-refractivity contribution in [3.63, 3.8) is 0 Å². The highest BCUT2D eigenvalue weighted by Gasteiger charge is 2.32. The van der Waals surface area contributed by atoms with Crippen molar-refractivity contribution in [3.05, 3.63) is 0 Å². The molecule has 0 saturated heterocycles. The lowest BCUT2D eigenvalue weighted by Crippen LogP contribution is -2.48. The topological polar surface area (TPSA) is 72.2 Å². The van der Waals surface area contributed by atoms with Gasteiger partial charge in [0.25, 0.3) is 0 Å². The Morgan fingerprint density at radius 1 is 0.944 bits per heavy atom. The van der Waals surface area contributed by atoms with Crippen molar-refractivity contribution in [2.75, 3.05) is 6.54 Å². The molecule has 2 aliphatic carbocycles. The van der Waals surface area contributed by atoms with Gasteiger partial charge in [0, 0.05) is 6.04 Å². The predicted octanol–water partition coefficient (Wildman–Crippen LogP) is 1.76. The first kappa shape index (κ1) is 14.3. The number of rotatable bonds is 4. The Kier molecular flexibility index (Phi) is 5.04. The highest BCUT2D eigenvalue weighted by molar-refractivity contribution is 7.90. The van der Waals surface area contributed by atoms with Crippen molar-refractivity contribution in [2.45, 2.75) is 69.1 Å². The first-order valence-corrected chi connectivity index (χ1v) is 8.89. The number of nitrogens with one attached hydrogen (secondary N) is 1. The zero-order chi connectivity index (χ0) is 13.0. The van der Waals surface area contributed by atoms with Crippen molar-refractivity contribution in [1.29, 1.82) is 0 Å². The highest BCUT2D eigenvalue weighted by atomic mass is 32.2. The molecule has 106 valence electrons. The summed E-state index contributed by atoms with van der Waals surface area (Å²) in [6.07, 6.45) is 9.26. The zero-order valence-corrected chi connectivity index (χ0v) is 11.9. The quantitative estimate of drug-likeness (QED) is 0.820. The smallest absolute Gasteiger partial charge is 0.214 e. The van der Waals surface area contributed by atoms with Crippen LogP contribution in [-0.2, 0) is 10.0 Å². The molecule has 4 nitrogen and oxygen atoms in total. The van der Waals surface area contributed by atoms with E-state index < -0.39 is 10.0 Å². The van der Waals surface area contributed by atoms with E-state index in [1.54, 1.807) is 0 Å². The predicted molar refractivity (Wildman–Crippen MR) is 73.7 cm³/mol. The first-order chi connectivity index (χ1) is 8.63. The molecule has 0 aromatic heterocycles. The van der Waals surface area contributed by atoms with Crippen molar-refractivity contribution in [3.8, 4) is 0 Å². The van der Waals surface area contributed by atoms with Crippen LogP contribution in [0.1, 0.15) is 57.8 Å². The molecule has 0 amide bonds. The van der Waals surface area contributed by atoms with Crippen LogP contribution in [0.3, 0.4) is 0 Å². The monoisotopic (exact) mass is 274 g/mol. The molecular weight excluding hydrogens is 248 g/mol. The molecule has 3 N–H and O–H groups in total. The third kappa shape index (κ3) is 3.45. The molecule has 0 spiro atoms. The van der Waals surface area contributed by atoms with Gasteiger partial charge in [-0.15, -0.1) is 0 Å². The Morgan fingerprint density at radius 3 is 2.22 bits per heavy atom. The molecular formula is C13H26N2O2S. The van der Waals surface area contributed by atoms with Crippen LogP contribution in [0.25, 0.3) is 0 Å². The molecule has 2 atom stereocenters. The molecule has 2 unspecified atom stereocenters. The van der Waals surface area contributed by atoms with E-state index in [9.17, 15) is 8.42 Å². The molecule has 0 bridgehead atoms. The van der Waals surface area contributed by atoms with Gasteiger partial charge in [-0.05, 0) is 38.1 Å². The Morgan fingerprint density at radius 2 is 1.56 bits per heavy atom.